The third kappa shape index (κ3) is 1.85. The number of benzene rings is 1. The van der Waals surface area contributed by atoms with Gasteiger partial charge in [0.15, 0.2) is 11.5 Å². The van der Waals surface area contributed by atoms with E-state index in [-0.39, 0.29) is 0 Å². The molecule has 2 nitrogen and oxygen atoms in total. The van der Waals surface area contributed by atoms with Crippen molar-refractivity contribution in [3.63, 3.8) is 0 Å². The lowest BCUT2D eigenvalue weighted by molar-refractivity contribution is 0.354. The van der Waals surface area contributed by atoms with E-state index in [0.717, 1.165) is 11.5 Å². The molecule has 0 aromatic heterocycles. The van der Waals surface area contributed by atoms with Gasteiger partial charge in [-0.3, -0.25) is 0 Å². The fourth-order valence-electron chi connectivity index (χ4n) is 0.944. The predicted molar refractivity (Wildman–Crippen MR) is 51.3 cm³/mol. The summed E-state index contributed by atoms with van der Waals surface area (Å²) >= 11 is 1.68. The lowest BCUT2D eigenvalue weighted by Gasteiger charge is -2.07. The van der Waals surface area contributed by atoms with Gasteiger partial charge in [0.25, 0.3) is 0 Å². The zero-order chi connectivity index (χ0) is 8.97. The SMILES string of the molecule is COc1ccc(SC)cc1OC. The first kappa shape index (κ1) is 9.26. The molecule has 0 atom stereocenters. The highest BCUT2D eigenvalue weighted by atomic mass is 32.2. The predicted octanol–water partition coefficient (Wildman–Crippen LogP) is 2.43. The number of hydrogen-bond donors (Lipinski definition) is 0. The molecule has 1 aromatic carbocycles. The van der Waals surface area contributed by atoms with Crippen LogP contribution >= 0.6 is 11.8 Å². The first-order valence-corrected chi connectivity index (χ1v) is 4.80. The van der Waals surface area contributed by atoms with E-state index in [1.807, 2.05) is 24.5 Å². The fourth-order valence-corrected chi connectivity index (χ4v) is 1.37. The highest BCUT2D eigenvalue weighted by Gasteiger charge is 2.02. The molecule has 1 aromatic rings. The summed E-state index contributed by atoms with van der Waals surface area (Å²) in [5.74, 6) is 1.56. The van der Waals surface area contributed by atoms with Crippen molar-refractivity contribution >= 4 is 11.8 Å². The van der Waals surface area contributed by atoms with Crippen molar-refractivity contribution < 1.29 is 9.47 Å². The molecule has 0 aliphatic rings. The van der Waals surface area contributed by atoms with Gasteiger partial charge in [-0.1, -0.05) is 0 Å². The van der Waals surface area contributed by atoms with Crippen molar-refractivity contribution in [2.75, 3.05) is 20.5 Å². The Bertz CT molecular complexity index is 261. The molecule has 0 saturated heterocycles. The summed E-state index contributed by atoms with van der Waals surface area (Å²) < 4.78 is 10.2. The van der Waals surface area contributed by atoms with Crippen molar-refractivity contribution in [3.05, 3.63) is 18.2 Å². The Morgan fingerprint density at radius 3 is 2.25 bits per heavy atom. The van der Waals surface area contributed by atoms with E-state index >= 15 is 0 Å². The molecule has 0 fully saturated rings. The van der Waals surface area contributed by atoms with Crippen LogP contribution in [0.3, 0.4) is 0 Å². The summed E-state index contributed by atoms with van der Waals surface area (Å²) in [6.07, 6.45) is 2.03. The molecule has 0 aliphatic heterocycles. The lowest BCUT2D eigenvalue weighted by Crippen LogP contribution is -1.89. The van der Waals surface area contributed by atoms with E-state index in [2.05, 4.69) is 0 Å². The Morgan fingerprint density at radius 1 is 1.08 bits per heavy atom. The van der Waals surface area contributed by atoms with Gasteiger partial charge in [-0.15, -0.1) is 11.8 Å². The minimum absolute atomic E-state index is 0.773. The molecule has 3 heteroatoms. The summed E-state index contributed by atoms with van der Waals surface area (Å²) in [6, 6.07) is 5.88. The van der Waals surface area contributed by atoms with Gasteiger partial charge in [-0.25, -0.2) is 0 Å². The van der Waals surface area contributed by atoms with Gasteiger partial charge in [0.1, 0.15) is 0 Å². The highest BCUT2D eigenvalue weighted by molar-refractivity contribution is 7.98. The summed E-state index contributed by atoms with van der Waals surface area (Å²) in [7, 11) is 3.28. The topological polar surface area (TPSA) is 18.5 Å². The molecule has 0 unspecified atom stereocenters. The molecule has 0 spiro atoms. The molecule has 0 N–H and O–H groups in total. The van der Waals surface area contributed by atoms with Crippen molar-refractivity contribution in [3.8, 4) is 11.5 Å². The van der Waals surface area contributed by atoms with E-state index in [1.165, 1.54) is 4.90 Å². The monoisotopic (exact) mass is 184 g/mol. The Balaban J connectivity index is 3.02. The molecule has 66 valence electrons. The second-order valence-electron chi connectivity index (χ2n) is 2.22. The molecule has 12 heavy (non-hydrogen) atoms. The summed E-state index contributed by atoms with van der Waals surface area (Å²) in [4.78, 5) is 1.17. The van der Waals surface area contributed by atoms with Crippen molar-refractivity contribution in [2.45, 2.75) is 4.90 Å². The smallest absolute Gasteiger partial charge is 0.161 e. The van der Waals surface area contributed by atoms with Gasteiger partial charge >= 0.3 is 0 Å². The van der Waals surface area contributed by atoms with Crippen molar-refractivity contribution in [1.82, 2.24) is 0 Å². The van der Waals surface area contributed by atoms with Crippen molar-refractivity contribution in [1.29, 1.82) is 0 Å². The molecular weight excluding hydrogens is 172 g/mol. The third-order valence-corrected chi connectivity index (χ3v) is 2.32. The average molecular weight is 184 g/mol. The summed E-state index contributed by atoms with van der Waals surface area (Å²) in [5.41, 5.74) is 0. The van der Waals surface area contributed by atoms with E-state index in [1.54, 1.807) is 26.0 Å². The molecule has 0 bridgehead atoms. The standard InChI is InChI=1S/C9H12O2S/c1-10-8-5-4-7(12-3)6-9(8)11-2/h4-6H,1-3H3. The van der Waals surface area contributed by atoms with Crippen LogP contribution in [0.5, 0.6) is 11.5 Å². The minimum Gasteiger partial charge on any atom is -0.493 e. The number of ether oxygens (including phenoxy) is 2. The van der Waals surface area contributed by atoms with E-state index in [0.29, 0.717) is 0 Å². The maximum Gasteiger partial charge on any atom is 0.161 e. The van der Waals surface area contributed by atoms with Gasteiger partial charge in [0, 0.05) is 4.90 Å². The van der Waals surface area contributed by atoms with Crippen LogP contribution in [0.4, 0.5) is 0 Å². The number of rotatable bonds is 3. The van der Waals surface area contributed by atoms with Gasteiger partial charge in [-0.2, -0.15) is 0 Å². The second-order valence-corrected chi connectivity index (χ2v) is 3.10. The number of methoxy groups -OCH3 is 2. The Morgan fingerprint density at radius 2 is 1.75 bits per heavy atom. The van der Waals surface area contributed by atoms with Crippen LogP contribution in [0.2, 0.25) is 0 Å². The Kier molecular flexibility index (Phi) is 3.29. The molecule has 0 saturated carbocycles. The fraction of sp³-hybridized carbons (Fsp3) is 0.333. The van der Waals surface area contributed by atoms with Crippen LogP contribution < -0.4 is 9.47 Å². The van der Waals surface area contributed by atoms with Crippen LogP contribution in [-0.2, 0) is 0 Å². The van der Waals surface area contributed by atoms with Gasteiger partial charge < -0.3 is 9.47 Å². The molecule has 0 radical (unpaired) electrons. The second kappa shape index (κ2) is 4.26. The van der Waals surface area contributed by atoms with Crippen LogP contribution in [0.1, 0.15) is 0 Å². The largest absolute Gasteiger partial charge is 0.493 e. The van der Waals surface area contributed by atoms with Crippen molar-refractivity contribution in [2.24, 2.45) is 0 Å². The van der Waals surface area contributed by atoms with E-state index in [4.69, 9.17) is 9.47 Å². The third-order valence-electron chi connectivity index (χ3n) is 1.59. The maximum atomic E-state index is 5.14. The summed E-state index contributed by atoms with van der Waals surface area (Å²) in [6.45, 7) is 0. The molecular formula is C9H12O2S. The molecule has 1 rings (SSSR count). The molecule has 0 heterocycles. The van der Waals surface area contributed by atoms with Gasteiger partial charge in [0.05, 0.1) is 14.2 Å². The van der Waals surface area contributed by atoms with Crippen LogP contribution in [0.15, 0.2) is 23.1 Å². The lowest BCUT2D eigenvalue weighted by atomic mass is 10.3. The van der Waals surface area contributed by atoms with Gasteiger partial charge in [0.2, 0.25) is 0 Å². The maximum absolute atomic E-state index is 5.14. The zero-order valence-electron chi connectivity index (χ0n) is 7.46. The van der Waals surface area contributed by atoms with Crippen LogP contribution in [0.25, 0.3) is 0 Å². The molecule has 0 amide bonds. The average Bonchev–Trinajstić information content (AvgIpc) is 2.16. The Labute approximate surface area is 76.9 Å². The first-order chi connectivity index (χ1) is 5.81. The zero-order valence-corrected chi connectivity index (χ0v) is 8.27. The first-order valence-electron chi connectivity index (χ1n) is 3.58. The number of hydrogen-bond acceptors (Lipinski definition) is 3. The minimum atomic E-state index is 0.773. The summed E-state index contributed by atoms with van der Waals surface area (Å²) in [5, 5.41) is 0. The Hall–Kier alpha value is -0.830. The number of thioether (sulfide) groups is 1. The quantitative estimate of drug-likeness (QED) is 0.672. The van der Waals surface area contributed by atoms with Gasteiger partial charge in [-0.05, 0) is 24.5 Å². The van der Waals surface area contributed by atoms with Crippen LogP contribution in [-0.4, -0.2) is 20.5 Å². The highest BCUT2D eigenvalue weighted by Crippen LogP contribution is 2.30. The normalized spacial score (nSPS) is 9.58. The van der Waals surface area contributed by atoms with Crippen LogP contribution in [0, 0.1) is 0 Å². The van der Waals surface area contributed by atoms with E-state index in [9.17, 15) is 0 Å². The van der Waals surface area contributed by atoms with E-state index < -0.39 is 0 Å². The molecule has 0 aliphatic carbocycles.